The van der Waals surface area contributed by atoms with Crippen molar-refractivity contribution in [3.8, 4) is 0 Å². The van der Waals surface area contributed by atoms with Gasteiger partial charge >= 0.3 is 5.97 Å². The van der Waals surface area contributed by atoms with Gasteiger partial charge in [0.25, 0.3) is 0 Å². The molecule has 0 spiro atoms. The van der Waals surface area contributed by atoms with Crippen LogP contribution >= 0.6 is 0 Å². The van der Waals surface area contributed by atoms with Crippen LogP contribution in [0.25, 0.3) is 10.9 Å². The maximum atomic E-state index is 15.1. The number of aromatic nitrogens is 1. The molecule has 1 N–H and O–H groups in total. The summed E-state index contributed by atoms with van der Waals surface area (Å²) in [5.74, 6) is -1.19. The number of hydrazone groups is 1. The Labute approximate surface area is 186 Å². The average Bonchev–Trinajstić information content (AvgIpc) is 3.64. The number of piperazine rings is 1. The van der Waals surface area contributed by atoms with E-state index >= 15 is 4.39 Å². The summed E-state index contributed by atoms with van der Waals surface area (Å²) in [6.45, 7) is 2.72. The predicted octanol–water partition coefficient (Wildman–Crippen LogP) is 3.86. The molecule has 2 aromatic rings. The number of carboxylic acid groups (broad SMARTS) is 1. The van der Waals surface area contributed by atoms with Gasteiger partial charge < -0.3 is 14.6 Å². The summed E-state index contributed by atoms with van der Waals surface area (Å²) in [5.41, 5.74) is 0.139. The Morgan fingerprint density at radius 3 is 2.44 bits per heavy atom. The molecule has 0 amide bonds. The highest BCUT2D eigenvalue weighted by Crippen LogP contribution is 2.38. The number of hydrogen-bond donors (Lipinski definition) is 1. The van der Waals surface area contributed by atoms with Crippen LogP contribution in [-0.2, 0) is 0 Å². The number of halogens is 1. The number of aromatic carboxylic acids is 1. The van der Waals surface area contributed by atoms with E-state index < -0.39 is 17.2 Å². The summed E-state index contributed by atoms with van der Waals surface area (Å²) in [6.07, 6.45) is 11.7. The zero-order valence-electron chi connectivity index (χ0n) is 18.2. The maximum absolute atomic E-state index is 15.1. The summed E-state index contributed by atoms with van der Waals surface area (Å²) >= 11 is 0. The van der Waals surface area contributed by atoms with Crippen LogP contribution < -0.4 is 10.3 Å². The number of rotatable bonds is 5. The zero-order chi connectivity index (χ0) is 22.2. The second-order valence-electron chi connectivity index (χ2n) is 9.24. The Balaban J connectivity index is 1.38. The molecule has 170 valence electrons. The van der Waals surface area contributed by atoms with E-state index in [0.717, 1.165) is 12.8 Å². The lowest BCUT2D eigenvalue weighted by Crippen LogP contribution is -2.44. The Morgan fingerprint density at radius 2 is 1.78 bits per heavy atom. The molecule has 5 rings (SSSR count). The van der Waals surface area contributed by atoms with Gasteiger partial charge in [-0.25, -0.2) is 9.18 Å². The Bertz CT molecular complexity index is 1110. The van der Waals surface area contributed by atoms with Crippen molar-refractivity contribution in [3.63, 3.8) is 0 Å². The number of hydrogen-bond acceptors (Lipinski definition) is 5. The van der Waals surface area contributed by atoms with Crippen LogP contribution in [0.2, 0.25) is 0 Å². The van der Waals surface area contributed by atoms with Crippen molar-refractivity contribution in [3.05, 3.63) is 39.9 Å². The first kappa shape index (κ1) is 21.0. The second-order valence-corrected chi connectivity index (χ2v) is 9.24. The number of anilines is 1. The largest absolute Gasteiger partial charge is 0.477 e. The van der Waals surface area contributed by atoms with Gasteiger partial charge in [-0.2, -0.15) is 5.10 Å². The van der Waals surface area contributed by atoms with Crippen molar-refractivity contribution in [2.75, 3.05) is 31.1 Å². The van der Waals surface area contributed by atoms with E-state index in [4.69, 9.17) is 0 Å². The summed E-state index contributed by atoms with van der Waals surface area (Å²) in [5, 5.41) is 16.3. The normalized spacial score (nSPS) is 20.4. The minimum atomic E-state index is -1.28. The van der Waals surface area contributed by atoms with E-state index in [9.17, 15) is 14.7 Å². The maximum Gasteiger partial charge on any atom is 0.341 e. The number of carbonyl (C=O) groups is 1. The zero-order valence-corrected chi connectivity index (χ0v) is 18.2. The molecule has 8 heteroatoms. The number of pyridine rings is 1. The fourth-order valence-electron chi connectivity index (χ4n) is 4.93. The standard InChI is InChI=1S/C24H29FN4O3/c25-20-12-18-21(29(17-6-7-17)15-19(23(18)30)24(31)32)13-22(20)27-8-10-28(11-9-27)26-14-16-4-2-1-3-5-16/h12-17H,1-11H2,(H,31,32)/b26-14+. The monoisotopic (exact) mass is 440 g/mol. The van der Waals surface area contributed by atoms with E-state index in [1.165, 1.54) is 44.4 Å². The van der Waals surface area contributed by atoms with Gasteiger partial charge in [-0.1, -0.05) is 19.3 Å². The molecule has 2 aliphatic carbocycles. The predicted molar refractivity (Wildman–Crippen MR) is 122 cm³/mol. The molecule has 1 aliphatic heterocycles. The molecule has 0 radical (unpaired) electrons. The van der Waals surface area contributed by atoms with Gasteiger partial charge in [0.2, 0.25) is 5.43 Å². The lowest BCUT2D eigenvalue weighted by Gasteiger charge is -2.35. The molecular formula is C24H29FN4O3. The first-order valence-corrected chi connectivity index (χ1v) is 11.7. The molecule has 0 atom stereocenters. The molecule has 0 unspecified atom stereocenters. The molecule has 2 heterocycles. The van der Waals surface area contributed by atoms with Crippen LogP contribution in [-0.4, -0.2) is 53.0 Å². The lowest BCUT2D eigenvalue weighted by molar-refractivity contribution is 0.0695. The molecule has 1 aromatic heterocycles. The van der Waals surface area contributed by atoms with Gasteiger partial charge in [0.1, 0.15) is 11.4 Å². The Hall–Kier alpha value is -2.90. The second kappa shape index (κ2) is 8.56. The summed E-state index contributed by atoms with van der Waals surface area (Å²) in [6, 6.07) is 3.10. The molecule has 1 aromatic carbocycles. The third kappa shape index (κ3) is 4.10. The molecule has 1 saturated heterocycles. The highest BCUT2D eigenvalue weighted by atomic mass is 19.1. The molecule has 7 nitrogen and oxygen atoms in total. The van der Waals surface area contributed by atoms with E-state index in [2.05, 4.69) is 16.3 Å². The molecule has 3 fully saturated rings. The van der Waals surface area contributed by atoms with E-state index in [1.807, 2.05) is 9.47 Å². The van der Waals surface area contributed by atoms with Crippen LogP contribution in [0.3, 0.4) is 0 Å². The highest BCUT2D eigenvalue weighted by Gasteiger charge is 2.28. The Kier molecular flexibility index (Phi) is 5.61. The minimum absolute atomic E-state index is 0.133. The van der Waals surface area contributed by atoms with E-state index in [1.54, 1.807) is 6.07 Å². The summed E-state index contributed by atoms with van der Waals surface area (Å²) in [7, 11) is 0. The van der Waals surface area contributed by atoms with Crippen LogP contribution in [0.15, 0.2) is 28.2 Å². The SMILES string of the molecule is O=C(O)c1cn(C2CC2)c2cc(N3CCN(/N=C/C4CCCCC4)CC3)c(F)cc2c1=O. The van der Waals surface area contributed by atoms with Crippen LogP contribution in [0.4, 0.5) is 10.1 Å². The van der Waals surface area contributed by atoms with Crippen molar-refractivity contribution in [1.82, 2.24) is 9.58 Å². The van der Waals surface area contributed by atoms with Gasteiger partial charge in [-0.15, -0.1) is 0 Å². The third-order valence-electron chi connectivity index (χ3n) is 6.96. The topological polar surface area (TPSA) is 78.1 Å². The fourth-order valence-corrected chi connectivity index (χ4v) is 4.93. The fraction of sp³-hybridized carbons (Fsp3) is 0.542. The molecule has 3 aliphatic rings. The van der Waals surface area contributed by atoms with Gasteiger partial charge in [0.05, 0.1) is 24.3 Å². The minimum Gasteiger partial charge on any atom is -0.477 e. The number of benzene rings is 1. The first-order valence-electron chi connectivity index (χ1n) is 11.7. The van der Waals surface area contributed by atoms with Crippen molar-refractivity contribution >= 4 is 28.8 Å². The molecule has 0 bridgehead atoms. The number of nitrogens with zero attached hydrogens (tertiary/aromatic N) is 4. The van der Waals surface area contributed by atoms with Crippen molar-refractivity contribution in [1.29, 1.82) is 0 Å². The summed E-state index contributed by atoms with van der Waals surface area (Å²) in [4.78, 5) is 26.2. The van der Waals surface area contributed by atoms with Gasteiger partial charge in [-0.05, 0) is 43.7 Å². The molecular weight excluding hydrogens is 411 g/mol. The smallest absolute Gasteiger partial charge is 0.341 e. The van der Waals surface area contributed by atoms with Crippen molar-refractivity contribution < 1.29 is 14.3 Å². The van der Waals surface area contributed by atoms with Crippen LogP contribution in [0.5, 0.6) is 0 Å². The van der Waals surface area contributed by atoms with E-state index in [-0.39, 0.29) is 17.0 Å². The molecule has 2 saturated carbocycles. The highest BCUT2D eigenvalue weighted by molar-refractivity contribution is 5.93. The third-order valence-corrected chi connectivity index (χ3v) is 6.96. The van der Waals surface area contributed by atoms with Crippen LogP contribution in [0, 0.1) is 11.7 Å². The summed E-state index contributed by atoms with van der Waals surface area (Å²) < 4.78 is 16.9. The lowest BCUT2D eigenvalue weighted by atomic mass is 9.90. The van der Waals surface area contributed by atoms with Crippen LogP contribution in [0.1, 0.15) is 61.3 Å². The van der Waals surface area contributed by atoms with Crippen molar-refractivity contribution in [2.45, 2.75) is 51.0 Å². The number of fused-ring (bicyclic) bond motifs is 1. The first-order chi connectivity index (χ1) is 15.5. The van der Waals surface area contributed by atoms with Gasteiger partial charge in [0, 0.05) is 36.9 Å². The average molecular weight is 441 g/mol. The molecule has 32 heavy (non-hydrogen) atoms. The van der Waals surface area contributed by atoms with Gasteiger partial charge in [-0.3, -0.25) is 9.80 Å². The van der Waals surface area contributed by atoms with E-state index in [0.29, 0.717) is 43.3 Å². The quantitative estimate of drug-likeness (QED) is 0.715. The number of carboxylic acids is 1. The van der Waals surface area contributed by atoms with Gasteiger partial charge in [0.15, 0.2) is 0 Å². The Morgan fingerprint density at radius 1 is 1.06 bits per heavy atom. The van der Waals surface area contributed by atoms with Crippen molar-refractivity contribution in [2.24, 2.45) is 11.0 Å².